The van der Waals surface area contributed by atoms with E-state index in [2.05, 4.69) is 17.1 Å². The highest BCUT2D eigenvalue weighted by Crippen LogP contribution is 2.41. The number of fused-ring (bicyclic) bond motifs is 2. The third-order valence-corrected chi connectivity index (χ3v) is 5.01. The Morgan fingerprint density at radius 3 is 2.43 bits per heavy atom. The van der Waals surface area contributed by atoms with Crippen molar-refractivity contribution in [2.24, 2.45) is 5.92 Å². The number of piperidine rings is 1. The first-order valence-corrected chi connectivity index (χ1v) is 8.29. The van der Waals surface area contributed by atoms with Crippen LogP contribution in [-0.2, 0) is 9.59 Å². The van der Waals surface area contributed by atoms with E-state index in [9.17, 15) is 9.59 Å². The molecule has 2 fully saturated rings. The highest BCUT2D eigenvalue weighted by Gasteiger charge is 2.44. The minimum atomic E-state index is -0.696. The van der Waals surface area contributed by atoms with Gasteiger partial charge in [-0.15, -0.1) is 0 Å². The minimum absolute atomic E-state index is 0.0925. The second-order valence-corrected chi connectivity index (χ2v) is 6.59. The Hall–Kier alpha value is -1.10. The van der Waals surface area contributed by atoms with E-state index < -0.39 is 5.97 Å². The van der Waals surface area contributed by atoms with Crippen LogP contribution in [0.3, 0.4) is 0 Å². The van der Waals surface area contributed by atoms with Gasteiger partial charge in [-0.2, -0.15) is 0 Å². The van der Waals surface area contributed by atoms with Crippen LogP contribution in [0.2, 0.25) is 0 Å². The summed E-state index contributed by atoms with van der Waals surface area (Å²) in [4.78, 5) is 25.5. The molecule has 0 spiro atoms. The third kappa shape index (κ3) is 3.96. The number of unbranched alkanes of at least 4 members (excludes halogenated alkanes) is 1. The van der Waals surface area contributed by atoms with Gasteiger partial charge in [-0.1, -0.05) is 13.3 Å². The van der Waals surface area contributed by atoms with Crippen LogP contribution in [0.4, 0.5) is 0 Å². The number of aliphatic carboxylic acids is 1. The number of carboxylic acid groups (broad SMARTS) is 1. The summed E-state index contributed by atoms with van der Waals surface area (Å²) in [5.41, 5.74) is 0. The average molecular weight is 296 g/mol. The lowest BCUT2D eigenvalue weighted by Gasteiger charge is -2.41. The van der Waals surface area contributed by atoms with Crippen molar-refractivity contribution in [2.75, 3.05) is 6.54 Å². The highest BCUT2D eigenvalue weighted by molar-refractivity contribution is 5.81. The first kappa shape index (κ1) is 16.3. The van der Waals surface area contributed by atoms with E-state index in [4.69, 9.17) is 5.11 Å². The zero-order chi connectivity index (χ0) is 15.4. The van der Waals surface area contributed by atoms with Crippen molar-refractivity contribution in [3.8, 4) is 0 Å². The number of amides is 1. The van der Waals surface area contributed by atoms with Gasteiger partial charge in [0, 0.05) is 25.0 Å². The number of nitrogens with zero attached hydrogens (tertiary/aromatic N) is 1. The van der Waals surface area contributed by atoms with Crippen molar-refractivity contribution in [1.29, 1.82) is 0 Å². The predicted molar refractivity (Wildman–Crippen MR) is 81.0 cm³/mol. The molecule has 2 bridgehead atoms. The minimum Gasteiger partial charge on any atom is -0.481 e. The second kappa shape index (κ2) is 7.25. The Kier molecular flexibility index (Phi) is 5.62. The zero-order valence-electron chi connectivity index (χ0n) is 13.2. The van der Waals surface area contributed by atoms with E-state index in [0.29, 0.717) is 12.1 Å². The van der Waals surface area contributed by atoms with Crippen LogP contribution in [0.5, 0.6) is 0 Å². The summed E-state index contributed by atoms with van der Waals surface area (Å²) in [5, 5.41) is 12.0. The molecule has 2 heterocycles. The van der Waals surface area contributed by atoms with Crippen LogP contribution in [0, 0.1) is 5.92 Å². The molecule has 2 N–H and O–H groups in total. The van der Waals surface area contributed by atoms with Crippen molar-refractivity contribution in [3.63, 3.8) is 0 Å². The molecule has 21 heavy (non-hydrogen) atoms. The summed E-state index contributed by atoms with van der Waals surface area (Å²) in [7, 11) is 0. The molecule has 3 unspecified atom stereocenters. The molecule has 0 saturated carbocycles. The third-order valence-electron chi connectivity index (χ3n) is 5.01. The number of nitrogens with one attached hydrogen (secondary N) is 1. The van der Waals surface area contributed by atoms with Gasteiger partial charge in [-0.3, -0.25) is 14.5 Å². The van der Waals surface area contributed by atoms with Crippen LogP contribution in [0.1, 0.15) is 58.8 Å². The number of carbonyl (C=O) groups excluding carboxylic acids is 1. The SMILES string of the molecule is CCCCNC(=O)C(C)N1C2CCC1CC(CC(=O)O)C2. The fourth-order valence-electron chi connectivity index (χ4n) is 4.04. The Morgan fingerprint density at radius 2 is 1.90 bits per heavy atom. The lowest BCUT2D eigenvalue weighted by molar-refractivity contribution is -0.139. The van der Waals surface area contributed by atoms with Gasteiger partial charge < -0.3 is 10.4 Å². The van der Waals surface area contributed by atoms with Crippen LogP contribution >= 0.6 is 0 Å². The molecule has 2 aliphatic heterocycles. The summed E-state index contributed by atoms with van der Waals surface area (Å²) < 4.78 is 0. The standard InChI is InChI=1S/C16H28N2O3/c1-3-4-7-17-16(21)11(2)18-13-5-6-14(18)9-12(8-13)10-15(19)20/h11-14H,3-10H2,1-2H3,(H,17,21)(H,19,20). The van der Waals surface area contributed by atoms with Gasteiger partial charge in [0.1, 0.15) is 0 Å². The van der Waals surface area contributed by atoms with Crippen LogP contribution in [-0.4, -0.2) is 46.6 Å². The van der Waals surface area contributed by atoms with Crippen molar-refractivity contribution >= 4 is 11.9 Å². The lowest BCUT2D eigenvalue weighted by Crippen LogP contribution is -2.53. The van der Waals surface area contributed by atoms with Gasteiger partial charge in [-0.25, -0.2) is 0 Å². The number of hydrogen-bond donors (Lipinski definition) is 2. The van der Waals surface area contributed by atoms with Crippen LogP contribution < -0.4 is 5.32 Å². The van der Waals surface area contributed by atoms with Crippen molar-refractivity contribution < 1.29 is 14.7 Å². The normalized spacial score (nSPS) is 30.1. The Balaban J connectivity index is 1.90. The first-order chi connectivity index (χ1) is 10.0. The van der Waals surface area contributed by atoms with E-state index in [1.807, 2.05) is 6.92 Å². The summed E-state index contributed by atoms with van der Waals surface area (Å²) in [6.45, 7) is 4.86. The highest BCUT2D eigenvalue weighted by atomic mass is 16.4. The van der Waals surface area contributed by atoms with Crippen molar-refractivity contribution in [3.05, 3.63) is 0 Å². The van der Waals surface area contributed by atoms with Crippen molar-refractivity contribution in [1.82, 2.24) is 10.2 Å². The van der Waals surface area contributed by atoms with Gasteiger partial charge in [0.25, 0.3) is 0 Å². The molecule has 1 amide bonds. The predicted octanol–water partition coefficient (Wildman–Crippen LogP) is 2.01. The smallest absolute Gasteiger partial charge is 0.303 e. The molecule has 2 rings (SSSR count). The van der Waals surface area contributed by atoms with Gasteiger partial charge >= 0.3 is 5.97 Å². The fraction of sp³-hybridized carbons (Fsp3) is 0.875. The molecule has 2 saturated heterocycles. The molecule has 120 valence electrons. The molecule has 0 aromatic carbocycles. The van der Waals surface area contributed by atoms with Gasteiger partial charge in [-0.05, 0) is 44.9 Å². The zero-order valence-corrected chi connectivity index (χ0v) is 13.2. The first-order valence-electron chi connectivity index (χ1n) is 8.29. The monoisotopic (exact) mass is 296 g/mol. The molecule has 0 radical (unpaired) electrons. The van der Waals surface area contributed by atoms with Crippen LogP contribution in [0.25, 0.3) is 0 Å². The maximum Gasteiger partial charge on any atom is 0.303 e. The Labute approximate surface area is 127 Å². The molecule has 5 nitrogen and oxygen atoms in total. The maximum absolute atomic E-state index is 12.2. The van der Waals surface area contributed by atoms with Crippen LogP contribution in [0.15, 0.2) is 0 Å². The van der Waals surface area contributed by atoms with E-state index in [1.165, 1.54) is 0 Å². The van der Waals surface area contributed by atoms with E-state index in [0.717, 1.165) is 45.1 Å². The second-order valence-electron chi connectivity index (χ2n) is 6.59. The summed E-state index contributed by atoms with van der Waals surface area (Å²) in [6, 6.07) is 0.685. The van der Waals surface area contributed by atoms with E-state index >= 15 is 0 Å². The quantitative estimate of drug-likeness (QED) is 0.705. The van der Waals surface area contributed by atoms with E-state index in [1.54, 1.807) is 0 Å². The number of carboxylic acids is 1. The number of hydrogen-bond acceptors (Lipinski definition) is 3. The molecule has 2 aliphatic rings. The summed E-state index contributed by atoms with van der Waals surface area (Å²) in [5.74, 6) is -0.290. The molecule has 5 heteroatoms. The molecule has 0 aliphatic carbocycles. The fourth-order valence-corrected chi connectivity index (χ4v) is 4.04. The van der Waals surface area contributed by atoms with Gasteiger partial charge in [0.05, 0.1) is 6.04 Å². The summed E-state index contributed by atoms with van der Waals surface area (Å²) in [6.07, 6.45) is 6.44. The molecule has 0 aromatic heterocycles. The summed E-state index contributed by atoms with van der Waals surface area (Å²) >= 11 is 0. The largest absolute Gasteiger partial charge is 0.481 e. The topological polar surface area (TPSA) is 69.6 Å². The molecular formula is C16H28N2O3. The number of rotatable bonds is 7. The number of carbonyl (C=O) groups is 2. The molecular weight excluding hydrogens is 268 g/mol. The lowest BCUT2D eigenvalue weighted by atomic mass is 9.87. The van der Waals surface area contributed by atoms with Crippen molar-refractivity contribution in [2.45, 2.75) is 76.9 Å². The maximum atomic E-state index is 12.2. The van der Waals surface area contributed by atoms with Gasteiger partial charge in [0.2, 0.25) is 5.91 Å². The Bertz CT molecular complexity index is 372. The molecule has 3 atom stereocenters. The van der Waals surface area contributed by atoms with E-state index in [-0.39, 0.29) is 24.3 Å². The average Bonchev–Trinajstić information content (AvgIpc) is 2.69. The van der Waals surface area contributed by atoms with Gasteiger partial charge in [0.15, 0.2) is 0 Å². The Morgan fingerprint density at radius 1 is 1.29 bits per heavy atom. The molecule has 0 aromatic rings.